The monoisotopic (exact) mass is 191 g/mol. The number of rotatable bonds is 0. The van der Waals surface area contributed by atoms with Crippen molar-refractivity contribution in [3.63, 3.8) is 0 Å². The zero-order valence-electron chi connectivity index (χ0n) is 7.63. The Bertz CT molecular complexity index is 463. The van der Waals surface area contributed by atoms with Gasteiger partial charge < -0.3 is 0 Å². The summed E-state index contributed by atoms with van der Waals surface area (Å²) < 4.78 is 0. The molecule has 2 aromatic rings. The highest BCUT2D eigenvalue weighted by molar-refractivity contribution is 6.32. The molecule has 13 heavy (non-hydrogen) atoms. The molecule has 0 spiro atoms. The highest BCUT2D eigenvalue weighted by Crippen LogP contribution is 2.23. The van der Waals surface area contributed by atoms with E-state index in [1.54, 1.807) is 0 Å². The quantitative estimate of drug-likeness (QED) is 0.621. The van der Waals surface area contributed by atoms with Crippen LogP contribution < -0.4 is 0 Å². The van der Waals surface area contributed by atoms with E-state index in [4.69, 9.17) is 11.6 Å². The lowest BCUT2D eigenvalue weighted by Gasteiger charge is -2.03. The van der Waals surface area contributed by atoms with Crippen LogP contribution in [0.5, 0.6) is 0 Å². The second-order valence-corrected chi connectivity index (χ2v) is 3.66. The van der Waals surface area contributed by atoms with Crippen molar-refractivity contribution in [3.05, 3.63) is 40.5 Å². The molecule has 0 aliphatic rings. The lowest BCUT2D eigenvalue weighted by molar-refractivity contribution is 1.31. The zero-order chi connectivity index (χ0) is 9.42. The van der Waals surface area contributed by atoms with E-state index >= 15 is 0 Å². The average Bonchev–Trinajstić information content (AvgIpc) is 2.12. The third-order valence-corrected chi connectivity index (χ3v) is 2.59. The van der Waals surface area contributed by atoms with Gasteiger partial charge in [-0.25, -0.2) is 0 Å². The fraction of sp³-hybridized carbons (Fsp3) is 0.182. The lowest BCUT2D eigenvalue weighted by atomic mass is 10.1. The van der Waals surface area contributed by atoms with Crippen LogP contribution in [0, 0.1) is 13.8 Å². The van der Waals surface area contributed by atoms with Crippen LogP contribution in [0.2, 0.25) is 5.02 Å². The van der Waals surface area contributed by atoms with Gasteiger partial charge >= 0.3 is 0 Å². The predicted octanol–water partition coefficient (Wildman–Crippen LogP) is 3.51. The molecule has 1 nitrogen and oxygen atoms in total. The van der Waals surface area contributed by atoms with Crippen molar-refractivity contribution in [2.75, 3.05) is 0 Å². The van der Waals surface area contributed by atoms with Crippen LogP contribution in [0.4, 0.5) is 0 Å². The largest absolute Gasteiger partial charge is 0.256 e. The van der Waals surface area contributed by atoms with E-state index in [2.05, 4.69) is 11.1 Å². The Morgan fingerprint density at radius 3 is 2.77 bits per heavy atom. The molecule has 0 aliphatic heterocycles. The molecule has 0 bridgehead atoms. The zero-order valence-corrected chi connectivity index (χ0v) is 8.39. The van der Waals surface area contributed by atoms with E-state index in [0.29, 0.717) is 0 Å². The summed E-state index contributed by atoms with van der Waals surface area (Å²) >= 11 is 5.99. The van der Waals surface area contributed by atoms with Crippen LogP contribution in [0.25, 0.3) is 10.9 Å². The van der Waals surface area contributed by atoms with Gasteiger partial charge in [0.25, 0.3) is 0 Å². The molecule has 0 radical (unpaired) electrons. The van der Waals surface area contributed by atoms with Crippen LogP contribution in [0.15, 0.2) is 24.4 Å². The van der Waals surface area contributed by atoms with Crippen molar-refractivity contribution in [2.45, 2.75) is 13.8 Å². The van der Waals surface area contributed by atoms with E-state index in [1.165, 1.54) is 5.56 Å². The maximum Gasteiger partial charge on any atom is 0.0746 e. The summed E-state index contributed by atoms with van der Waals surface area (Å²) in [6.45, 7) is 4.03. The molecule has 0 N–H and O–H groups in total. The number of nitrogens with zero attached hydrogens (tertiary/aromatic N) is 1. The minimum absolute atomic E-state index is 0.781. The first kappa shape index (κ1) is 8.52. The number of hydrogen-bond donors (Lipinski definition) is 0. The summed E-state index contributed by atoms with van der Waals surface area (Å²) in [5.74, 6) is 0. The topological polar surface area (TPSA) is 12.9 Å². The third-order valence-electron chi connectivity index (χ3n) is 2.18. The molecular weight excluding hydrogens is 182 g/mol. The Labute approximate surface area is 82.4 Å². The van der Waals surface area contributed by atoms with Gasteiger partial charge in [-0.3, -0.25) is 4.98 Å². The predicted molar refractivity (Wildman–Crippen MR) is 56.2 cm³/mol. The van der Waals surface area contributed by atoms with Crippen molar-refractivity contribution in [1.82, 2.24) is 4.98 Å². The maximum absolute atomic E-state index is 5.99. The Hall–Kier alpha value is -1.08. The first-order valence-corrected chi connectivity index (χ1v) is 4.58. The number of aromatic nitrogens is 1. The minimum atomic E-state index is 0.781. The second kappa shape index (κ2) is 3.00. The standard InChI is InChI=1S/C11H10ClN/c1-7-5-9-3-4-10(12)8(2)11(9)13-6-7/h3-6H,1-2H3. The molecule has 1 aromatic heterocycles. The Morgan fingerprint density at radius 2 is 2.00 bits per heavy atom. The molecule has 0 fully saturated rings. The molecule has 0 atom stereocenters. The van der Waals surface area contributed by atoms with Crippen LogP contribution >= 0.6 is 11.6 Å². The fourth-order valence-electron chi connectivity index (χ4n) is 1.43. The number of fused-ring (bicyclic) bond motifs is 1. The van der Waals surface area contributed by atoms with Gasteiger partial charge in [0, 0.05) is 16.6 Å². The van der Waals surface area contributed by atoms with Gasteiger partial charge in [0.15, 0.2) is 0 Å². The fourth-order valence-corrected chi connectivity index (χ4v) is 1.59. The highest BCUT2D eigenvalue weighted by Gasteiger charge is 2.02. The van der Waals surface area contributed by atoms with Crippen LogP contribution in [0.3, 0.4) is 0 Å². The maximum atomic E-state index is 5.99. The molecule has 1 aromatic carbocycles. The Morgan fingerprint density at radius 1 is 1.23 bits per heavy atom. The molecule has 0 saturated heterocycles. The van der Waals surface area contributed by atoms with Crippen LogP contribution in [-0.4, -0.2) is 4.98 Å². The molecule has 1 heterocycles. The molecule has 0 saturated carbocycles. The SMILES string of the molecule is Cc1cnc2c(C)c(Cl)ccc2c1. The molecule has 0 amide bonds. The minimum Gasteiger partial charge on any atom is -0.256 e. The first-order valence-electron chi connectivity index (χ1n) is 4.20. The van der Waals surface area contributed by atoms with Crippen molar-refractivity contribution in [1.29, 1.82) is 0 Å². The summed E-state index contributed by atoms with van der Waals surface area (Å²) in [5, 5.41) is 1.94. The van der Waals surface area contributed by atoms with Crippen molar-refractivity contribution in [3.8, 4) is 0 Å². The van der Waals surface area contributed by atoms with Gasteiger partial charge in [0.05, 0.1) is 5.52 Å². The summed E-state index contributed by atoms with van der Waals surface area (Å²) in [6, 6.07) is 6.04. The van der Waals surface area contributed by atoms with E-state index in [1.807, 2.05) is 32.2 Å². The van der Waals surface area contributed by atoms with Gasteiger partial charge in [-0.1, -0.05) is 17.7 Å². The van der Waals surface area contributed by atoms with E-state index in [9.17, 15) is 0 Å². The average molecular weight is 192 g/mol. The molecule has 0 unspecified atom stereocenters. The molecule has 2 rings (SSSR count). The van der Waals surface area contributed by atoms with E-state index in [0.717, 1.165) is 21.5 Å². The summed E-state index contributed by atoms with van der Waals surface area (Å²) in [7, 11) is 0. The van der Waals surface area contributed by atoms with Crippen molar-refractivity contribution >= 4 is 22.5 Å². The van der Waals surface area contributed by atoms with E-state index in [-0.39, 0.29) is 0 Å². The number of benzene rings is 1. The number of halogens is 1. The smallest absolute Gasteiger partial charge is 0.0746 e. The van der Waals surface area contributed by atoms with Gasteiger partial charge in [-0.2, -0.15) is 0 Å². The van der Waals surface area contributed by atoms with Crippen LogP contribution in [-0.2, 0) is 0 Å². The van der Waals surface area contributed by atoms with Crippen molar-refractivity contribution < 1.29 is 0 Å². The molecular formula is C11H10ClN. The summed E-state index contributed by atoms with van der Waals surface area (Å²) in [6.07, 6.45) is 1.87. The van der Waals surface area contributed by atoms with E-state index < -0.39 is 0 Å². The Balaban J connectivity index is 2.87. The first-order chi connectivity index (χ1) is 6.18. The van der Waals surface area contributed by atoms with Gasteiger partial charge in [-0.15, -0.1) is 0 Å². The van der Waals surface area contributed by atoms with Gasteiger partial charge in [0.1, 0.15) is 0 Å². The van der Waals surface area contributed by atoms with Crippen LogP contribution in [0.1, 0.15) is 11.1 Å². The number of aryl methyl sites for hydroxylation is 2. The van der Waals surface area contributed by atoms with Crippen molar-refractivity contribution in [2.24, 2.45) is 0 Å². The molecule has 66 valence electrons. The van der Waals surface area contributed by atoms with Gasteiger partial charge in [-0.05, 0) is 37.1 Å². The summed E-state index contributed by atoms with van der Waals surface area (Å²) in [5.41, 5.74) is 3.23. The summed E-state index contributed by atoms with van der Waals surface area (Å²) in [4.78, 5) is 4.36. The lowest BCUT2D eigenvalue weighted by Crippen LogP contribution is -1.85. The van der Waals surface area contributed by atoms with Gasteiger partial charge in [0.2, 0.25) is 0 Å². The third kappa shape index (κ3) is 1.40. The Kier molecular flexibility index (Phi) is 1.97. The molecule has 0 aliphatic carbocycles. The second-order valence-electron chi connectivity index (χ2n) is 3.26. The highest BCUT2D eigenvalue weighted by atomic mass is 35.5. The molecule has 2 heteroatoms. The normalized spacial score (nSPS) is 10.7. The number of hydrogen-bond acceptors (Lipinski definition) is 1. The number of pyridine rings is 1.